The predicted octanol–water partition coefficient (Wildman–Crippen LogP) is 1.85. The molecule has 0 aliphatic carbocycles. The van der Waals surface area contributed by atoms with Gasteiger partial charge in [0.2, 0.25) is 0 Å². The number of benzene rings is 1. The fourth-order valence-corrected chi connectivity index (χ4v) is 1.95. The van der Waals surface area contributed by atoms with Crippen LogP contribution in [0.25, 0.3) is 0 Å². The highest BCUT2D eigenvalue weighted by molar-refractivity contribution is 5.93. The molecule has 1 N–H and O–H groups in total. The fraction of sp³-hybridized carbons (Fsp3) is 0.294. The van der Waals surface area contributed by atoms with Crippen LogP contribution in [0.1, 0.15) is 28.4 Å². The Kier molecular flexibility index (Phi) is 5.49. The van der Waals surface area contributed by atoms with Crippen LogP contribution in [0.5, 0.6) is 0 Å². The number of amides is 1. The van der Waals surface area contributed by atoms with Crippen molar-refractivity contribution in [2.75, 3.05) is 6.61 Å². The first-order chi connectivity index (χ1) is 10.6. The van der Waals surface area contributed by atoms with Gasteiger partial charge in [0.15, 0.2) is 0 Å². The molecule has 0 saturated heterocycles. The number of nitrogens with zero attached hydrogens (tertiary/aromatic N) is 1. The molecule has 0 bridgehead atoms. The van der Waals surface area contributed by atoms with E-state index in [-0.39, 0.29) is 11.5 Å². The molecule has 0 fully saturated rings. The molecule has 1 aromatic heterocycles. The predicted molar refractivity (Wildman–Crippen MR) is 84.6 cm³/mol. The van der Waals surface area contributed by atoms with Gasteiger partial charge in [-0.3, -0.25) is 9.59 Å². The Labute approximate surface area is 129 Å². The smallest absolute Gasteiger partial charge is 0.251 e. The summed E-state index contributed by atoms with van der Waals surface area (Å²) >= 11 is 0. The number of aryl methyl sites for hydroxylation is 1. The summed E-state index contributed by atoms with van der Waals surface area (Å²) in [6.45, 7) is 3.66. The molecule has 1 amide bonds. The second kappa shape index (κ2) is 7.56. The van der Waals surface area contributed by atoms with Gasteiger partial charge in [0.1, 0.15) is 0 Å². The minimum atomic E-state index is -0.254. The Bertz CT molecular complexity index is 690. The van der Waals surface area contributed by atoms with E-state index in [1.165, 1.54) is 10.6 Å². The maximum atomic E-state index is 12.0. The third-order valence-electron chi connectivity index (χ3n) is 3.32. The Morgan fingerprint density at radius 1 is 1.18 bits per heavy atom. The molecule has 1 heterocycles. The number of ether oxygens (including phenoxy) is 1. The van der Waals surface area contributed by atoms with Gasteiger partial charge in [-0.15, -0.1) is 0 Å². The third-order valence-corrected chi connectivity index (χ3v) is 3.32. The van der Waals surface area contributed by atoms with Crippen LogP contribution in [-0.4, -0.2) is 17.1 Å². The molecule has 0 aliphatic rings. The summed E-state index contributed by atoms with van der Waals surface area (Å²) in [5.41, 5.74) is 2.27. The lowest BCUT2D eigenvalue weighted by molar-refractivity contribution is 0.0950. The van der Waals surface area contributed by atoms with E-state index in [1.54, 1.807) is 19.3 Å². The Balaban J connectivity index is 1.93. The Morgan fingerprint density at radius 2 is 1.86 bits per heavy atom. The SMILES string of the molecule is CCOCc1ccc(CNC(=O)c2ccn(C)c(=O)c2)cc1. The van der Waals surface area contributed by atoms with E-state index in [1.807, 2.05) is 31.2 Å². The van der Waals surface area contributed by atoms with Crippen molar-refractivity contribution in [2.24, 2.45) is 7.05 Å². The fourth-order valence-electron chi connectivity index (χ4n) is 1.95. The van der Waals surface area contributed by atoms with Gasteiger partial charge in [0.05, 0.1) is 6.61 Å². The molecular formula is C17H20N2O3. The zero-order valence-electron chi connectivity index (χ0n) is 12.8. The maximum absolute atomic E-state index is 12.0. The number of carbonyl (C=O) groups excluding carboxylic acids is 1. The summed E-state index contributed by atoms with van der Waals surface area (Å²) in [6, 6.07) is 10.8. The molecule has 0 spiro atoms. The average molecular weight is 300 g/mol. The van der Waals surface area contributed by atoms with Crippen LogP contribution < -0.4 is 10.9 Å². The van der Waals surface area contributed by atoms with E-state index >= 15 is 0 Å². The first kappa shape index (κ1) is 16.0. The van der Waals surface area contributed by atoms with Crippen LogP contribution in [-0.2, 0) is 24.9 Å². The van der Waals surface area contributed by atoms with E-state index in [2.05, 4.69) is 5.32 Å². The van der Waals surface area contributed by atoms with Crippen molar-refractivity contribution in [3.8, 4) is 0 Å². The van der Waals surface area contributed by atoms with Crippen LogP contribution in [0.4, 0.5) is 0 Å². The van der Waals surface area contributed by atoms with Gasteiger partial charge < -0.3 is 14.6 Å². The second-order valence-electron chi connectivity index (χ2n) is 5.00. The molecule has 22 heavy (non-hydrogen) atoms. The monoisotopic (exact) mass is 300 g/mol. The van der Waals surface area contributed by atoms with Gasteiger partial charge in [-0.2, -0.15) is 0 Å². The summed E-state index contributed by atoms with van der Waals surface area (Å²) in [4.78, 5) is 23.5. The third kappa shape index (κ3) is 4.30. The number of hydrogen-bond acceptors (Lipinski definition) is 3. The van der Waals surface area contributed by atoms with Crippen molar-refractivity contribution >= 4 is 5.91 Å². The van der Waals surface area contributed by atoms with Gasteiger partial charge in [0, 0.05) is 38.0 Å². The normalized spacial score (nSPS) is 10.5. The number of pyridine rings is 1. The van der Waals surface area contributed by atoms with Gasteiger partial charge >= 0.3 is 0 Å². The van der Waals surface area contributed by atoms with Crippen LogP contribution >= 0.6 is 0 Å². The second-order valence-corrected chi connectivity index (χ2v) is 5.00. The molecule has 2 aromatic rings. The number of hydrogen-bond donors (Lipinski definition) is 1. The van der Waals surface area contributed by atoms with E-state index in [4.69, 9.17) is 4.74 Å². The lowest BCUT2D eigenvalue weighted by atomic mass is 10.1. The summed E-state index contributed by atoms with van der Waals surface area (Å²) in [5.74, 6) is -0.254. The summed E-state index contributed by atoms with van der Waals surface area (Å²) in [7, 11) is 1.65. The van der Waals surface area contributed by atoms with E-state index < -0.39 is 0 Å². The number of aromatic nitrogens is 1. The largest absolute Gasteiger partial charge is 0.377 e. The topological polar surface area (TPSA) is 60.3 Å². The van der Waals surface area contributed by atoms with Crippen LogP contribution in [0.3, 0.4) is 0 Å². The van der Waals surface area contributed by atoms with Crippen molar-refractivity contribution < 1.29 is 9.53 Å². The molecule has 0 radical (unpaired) electrons. The molecule has 0 unspecified atom stereocenters. The van der Waals surface area contributed by atoms with Gasteiger partial charge in [-0.25, -0.2) is 0 Å². The molecule has 116 valence electrons. The molecule has 5 nitrogen and oxygen atoms in total. The van der Waals surface area contributed by atoms with Crippen molar-refractivity contribution in [2.45, 2.75) is 20.1 Å². The van der Waals surface area contributed by atoms with Crippen molar-refractivity contribution in [1.29, 1.82) is 0 Å². The highest BCUT2D eigenvalue weighted by Crippen LogP contribution is 2.06. The minimum absolute atomic E-state index is 0.201. The molecule has 1 aromatic carbocycles. The quantitative estimate of drug-likeness (QED) is 0.885. The zero-order chi connectivity index (χ0) is 15.9. The van der Waals surface area contributed by atoms with Crippen LogP contribution in [0, 0.1) is 0 Å². The van der Waals surface area contributed by atoms with Gasteiger partial charge in [-0.05, 0) is 24.1 Å². The lowest BCUT2D eigenvalue weighted by Gasteiger charge is -2.07. The van der Waals surface area contributed by atoms with E-state index in [9.17, 15) is 9.59 Å². The molecule has 0 saturated carbocycles. The standard InChI is InChI=1S/C17H20N2O3/c1-3-22-12-14-6-4-13(5-7-14)11-18-17(21)15-8-9-19(2)16(20)10-15/h4-10H,3,11-12H2,1-2H3,(H,18,21). The minimum Gasteiger partial charge on any atom is -0.377 e. The van der Waals surface area contributed by atoms with Gasteiger partial charge in [-0.1, -0.05) is 24.3 Å². The summed E-state index contributed by atoms with van der Waals surface area (Å²) in [5, 5.41) is 2.81. The van der Waals surface area contributed by atoms with Crippen molar-refractivity contribution in [3.63, 3.8) is 0 Å². The number of carbonyl (C=O) groups is 1. The summed E-state index contributed by atoms with van der Waals surface area (Å²) < 4.78 is 6.76. The van der Waals surface area contributed by atoms with Gasteiger partial charge in [0.25, 0.3) is 11.5 Å². The maximum Gasteiger partial charge on any atom is 0.251 e. The molecule has 5 heteroatoms. The van der Waals surface area contributed by atoms with E-state index in [0.29, 0.717) is 25.3 Å². The zero-order valence-corrected chi connectivity index (χ0v) is 12.8. The van der Waals surface area contributed by atoms with E-state index in [0.717, 1.165) is 11.1 Å². The van der Waals surface area contributed by atoms with Crippen molar-refractivity contribution in [3.05, 3.63) is 69.6 Å². The van der Waals surface area contributed by atoms with Crippen LogP contribution in [0.2, 0.25) is 0 Å². The molecule has 0 atom stereocenters. The Hall–Kier alpha value is -2.40. The first-order valence-corrected chi connectivity index (χ1v) is 7.20. The number of nitrogens with one attached hydrogen (secondary N) is 1. The first-order valence-electron chi connectivity index (χ1n) is 7.20. The molecule has 2 rings (SSSR count). The number of rotatable bonds is 6. The highest BCUT2D eigenvalue weighted by Gasteiger charge is 2.06. The molecule has 0 aliphatic heterocycles. The highest BCUT2D eigenvalue weighted by atomic mass is 16.5. The molecular weight excluding hydrogens is 280 g/mol. The lowest BCUT2D eigenvalue weighted by Crippen LogP contribution is -2.25. The Morgan fingerprint density at radius 3 is 2.50 bits per heavy atom. The van der Waals surface area contributed by atoms with Crippen LogP contribution in [0.15, 0.2) is 47.4 Å². The van der Waals surface area contributed by atoms with Crippen molar-refractivity contribution in [1.82, 2.24) is 9.88 Å². The average Bonchev–Trinajstić information content (AvgIpc) is 2.54. The summed E-state index contributed by atoms with van der Waals surface area (Å²) in [6.07, 6.45) is 1.58.